The van der Waals surface area contributed by atoms with Crippen LogP contribution >= 0.6 is 15.9 Å². The van der Waals surface area contributed by atoms with Crippen LogP contribution in [0.1, 0.15) is 49.2 Å². The molecule has 3 aromatic carbocycles. The van der Waals surface area contributed by atoms with E-state index < -0.39 is 0 Å². The van der Waals surface area contributed by atoms with Crippen LogP contribution in [0.5, 0.6) is 5.75 Å². The van der Waals surface area contributed by atoms with Crippen LogP contribution < -0.4 is 0 Å². The molecule has 3 aromatic rings. The van der Waals surface area contributed by atoms with Crippen LogP contribution in [0.25, 0.3) is 0 Å². The second-order valence-corrected chi connectivity index (χ2v) is 10.3. The van der Waals surface area contributed by atoms with Crippen molar-refractivity contribution in [3.8, 4) is 5.75 Å². The molecule has 0 atom stereocenters. The first-order valence-electron chi connectivity index (χ1n) is 10.9. The van der Waals surface area contributed by atoms with Gasteiger partial charge in [-0.3, -0.25) is 9.80 Å². The summed E-state index contributed by atoms with van der Waals surface area (Å²) < 4.78 is 1.01. The molecule has 1 heterocycles. The van der Waals surface area contributed by atoms with Crippen LogP contribution in [0.4, 0.5) is 0 Å². The van der Waals surface area contributed by atoms with E-state index in [4.69, 9.17) is 0 Å². The third-order valence-corrected chi connectivity index (χ3v) is 6.47. The van der Waals surface area contributed by atoms with Gasteiger partial charge in [-0.2, -0.15) is 0 Å². The van der Waals surface area contributed by atoms with E-state index in [9.17, 15) is 5.11 Å². The van der Waals surface area contributed by atoms with Gasteiger partial charge in [-0.1, -0.05) is 97.4 Å². The predicted octanol–water partition coefficient (Wildman–Crippen LogP) is 6.47. The molecule has 0 spiro atoms. The zero-order chi connectivity index (χ0) is 22.0. The van der Waals surface area contributed by atoms with Crippen LogP contribution in [0.2, 0.25) is 0 Å². The van der Waals surface area contributed by atoms with Gasteiger partial charge in [0.2, 0.25) is 0 Å². The van der Waals surface area contributed by atoms with Crippen molar-refractivity contribution in [2.45, 2.75) is 45.4 Å². The Morgan fingerprint density at radius 3 is 1.77 bits per heavy atom. The van der Waals surface area contributed by atoms with Crippen molar-refractivity contribution >= 4 is 15.9 Å². The molecule has 0 aliphatic carbocycles. The highest BCUT2D eigenvalue weighted by molar-refractivity contribution is 9.10. The van der Waals surface area contributed by atoms with Gasteiger partial charge in [-0.25, -0.2) is 0 Å². The van der Waals surface area contributed by atoms with Crippen LogP contribution in [0.15, 0.2) is 77.3 Å². The lowest BCUT2D eigenvalue weighted by Crippen LogP contribution is -2.31. The molecule has 3 nitrogen and oxygen atoms in total. The Hall–Kier alpha value is -2.14. The Labute approximate surface area is 194 Å². The van der Waals surface area contributed by atoms with E-state index in [1.807, 2.05) is 0 Å². The lowest BCUT2D eigenvalue weighted by Gasteiger charge is -2.33. The Morgan fingerprint density at radius 2 is 1.32 bits per heavy atom. The minimum absolute atomic E-state index is 0.0130. The highest BCUT2D eigenvalue weighted by Gasteiger charge is 2.36. The van der Waals surface area contributed by atoms with Crippen LogP contribution in [-0.4, -0.2) is 28.0 Å². The summed E-state index contributed by atoms with van der Waals surface area (Å²) in [6.45, 7) is 10.1. The third kappa shape index (κ3) is 5.03. The zero-order valence-electron chi connectivity index (χ0n) is 18.6. The van der Waals surface area contributed by atoms with E-state index >= 15 is 0 Å². The number of rotatable bonds is 5. The normalized spacial score (nSPS) is 16.1. The van der Waals surface area contributed by atoms with Crippen molar-refractivity contribution in [2.24, 2.45) is 0 Å². The van der Waals surface area contributed by atoms with Gasteiger partial charge < -0.3 is 5.11 Å². The molecule has 0 aromatic heterocycles. The van der Waals surface area contributed by atoms with Gasteiger partial charge in [-0.05, 0) is 28.7 Å². The number of halogens is 1. The number of hydrogen-bond donors (Lipinski definition) is 1. The van der Waals surface area contributed by atoms with Gasteiger partial charge in [0.15, 0.2) is 0 Å². The second-order valence-electron chi connectivity index (χ2n) is 9.43. The topological polar surface area (TPSA) is 26.7 Å². The summed E-state index contributed by atoms with van der Waals surface area (Å²) in [7, 11) is 0. The maximum absolute atomic E-state index is 11.4. The minimum atomic E-state index is -0.143. The van der Waals surface area contributed by atoms with Crippen LogP contribution in [-0.2, 0) is 18.5 Å². The smallest absolute Gasteiger partial charge is 0.125 e. The molecule has 4 heteroatoms. The van der Waals surface area contributed by atoms with Gasteiger partial charge in [0.25, 0.3) is 0 Å². The first-order valence-corrected chi connectivity index (χ1v) is 11.7. The molecule has 162 valence electrons. The standard InChI is InChI=1S/C27H31BrN2O/c1-27(2,3)24-17-22(28)16-23(25(24)31)26-29(18-20-10-6-4-7-11-20)14-15-30(26)19-21-12-8-5-9-13-21/h4-13,16-17,26,31H,14-15,18-19H2,1-3H3. The SMILES string of the molecule is CC(C)(C)c1cc(Br)cc(C2N(Cc3ccccc3)CCN2Cc2ccccc2)c1O. The Bertz CT molecular complexity index is 965. The zero-order valence-corrected chi connectivity index (χ0v) is 20.1. The van der Waals surface area contributed by atoms with E-state index in [1.165, 1.54) is 11.1 Å². The molecule has 0 bridgehead atoms. The van der Waals surface area contributed by atoms with Crippen molar-refractivity contribution in [1.29, 1.82) is 0 Å². The minimum Gasteiger partial charge on any atom is -0.507 e. The van der Waals surface area contributed by atoms with Crippen LogP contribution in [0.3, 0.4) is 0 Å². The number of benzene rings is 3. The number of phenols is 1. The predicted molar refractivity (Wildman–Crippen MR) is 131 cm³/mol. The van der Waals surface area contributed by atoms with E-state index in [2.05, 4.69) is 119 Å². The van der Waals surface area contributed by atoms with E-state index in [-0.39, 0.29) is 11.6 Å². The van der Waals surface area contributed by atoms with E-state index in [0.717, 1.165) is 41.8 Å². The molecule has 1 saturated heterocycles. The van der Waals surface area contributed by atoms with Crippen molar-refractivity contribution in [2.75, 3.05) is 13.1 Å². The number of phenolic OH excluding ortho intramolecular Hbond substituents is 1. The lowest BCUT2D eigenvalue weighted by molar-refractivity contribution is 0.122. The second kappa shape index (κ2) is 9.15. The summed E-state index contributed by atoms with van der Waals surface area (Å²) in [5.41, 5.74) is 4.39. The largest absolute Gasteiger partial charge is 0.507 e. The lowest BCUT2D eigenvalue weighted by atomic mass is 9.84. The van der Waals surface area contributed by atoms with Gasteiger partial charge in [0.1, 0.15) is 5.75 Å². The van der Waals surface area contributed by atoms with E-state index in [1.54, 1.807) is 0 Å². The Kier molecular flexibility index (Phi) is 6.52. The summed E-state index contributed by atoms with van der Waals surface area (Å²) >= 11 is 3.71. The van der Waals surface area contributed by atoms with E-state index in [0.29, 0.717) is 5.75 Å². The van der Waals surface area contributed by atoms with Gasteiger partial charge in [0, 0.05) is 41.8 Å². The molecule has 0 unspecified atom stereocenters. The molecule has 31 heavy (non-hydrogen) atoms. The average Bonchev–Trinajstić information content (AvgIpc) is 3.12. The summed E-state index contributed by atoms with van der Waals surface area (Å²) in [4.78, 5) is 4.96. The third-order valence-electron chi connectivity index (χ3n) is 6.01. The monoisotopic (exact) mass is 478 g/mol. The summed E-state index contributed by atoms with van der Waals surface area (Å²) in [5.74, 6) is 0.415. The molecule has 0 saturated carbocycles. The fourth-order valence-corrected chi connectivity index (χ4v) is 4.96. The van der Waals surface area contributed by atoms with Crippen molar-refractivity contribution in [1.82, 2.24) is 9.80 Å². The van der Waals surface area contributed by atoms with Crippen molar-refractivity contribution in [3.63, 3.8) is 0 Å². The highest BCUT2D eigenvalue weighted by atomic mass is 79.9. The van der Waals surface area contributed by atoms with Gasteiger partial charge in [0.05, 0.1) is 6.17 Å². The fraction of sp³-hybridized carbons (Fsp3) is 0.333. The van der Waals surface area contributed by atoms with Crippen LogP contribution in [0, 0.1) is 0 Å². The molecular weight excluding hydrogens is 448 g/mol. The summed E-state index contributed by atoms with van der Waals surface area (Å²) in [6.07, 6.45) is 0.0130. The molecule has 0 radical (unpaired) electrons. The maximum atomic E-state index is 11.4. The Morgan fingerprint density at radius 1 is 0.839 bits per heavy atom. The Balaban J connectivity index is 1.75. The van der Waals surface area contributed by atoms with Gasteiger partial charge in [-0.15, -0.1) is 0 Å². The highest BCUT2D eigenvalue weighted by Crippen LogP contribution is 2.43. The molecule has 1 aliphatic rings. The maximum Gasteiger partial charge on any atom is 0.125 e. The molecule has 4 rings (SSSR count). The first-order chi connectivity index (χ1) is 14.8. The fourth-order valence-electron chi connectivity index (χ4n) is 4.48. The number of aromatic hydroxyl groups is 1. The molecule has 1 N–H and O–H groups in total. The molecule has 1 fully saturated rings. The molecule has 1 aliphatic heterocycles. The van der Waals surface area contributed by atoms with Gasteiger partial charge >= 0.3 is 0 Å². The molecule has 0 amide bonds. The number of hydrogen-bond acceptors (Lipinski definition) is 3. The first kappa shape index (κ1) is 22.1. The molecular formula is C27H31BrN2O. The quantitative estimate of drug-likeness (QED) is 0.455. The average molecular weight is 479 g/mol. The van der Waals surface area contributed by atoms with Crippen molar-refractivity contribution in [3.05, 3.63) is 99.5 Å². The van der Waals surface area contributed by atoms with Crippen molar-refractivity contribution < 1.29 is 5.11 Å². The number of nitrogens with zero attached hydrogens (tertiary/aromatic N) is 2. The summed E-state index contributed by atoms with van der Waals surface area (Å²) in [5, 5.41) is 11.4. The summed E-state index contributed by atoms with van der Waals surface area (Å²) in [6, 6.07) is 25.4.